The summed E-state index contributed by atoms with van der Waals surface area (Å²) in [4.78, 5) is 32.8. The summed E-state index contributed by atoms with van der Waals surface area (Å²) >= 11 is 0. The minimum atomic E-state index is 0.500. The summed E-state index contributed by atoms with van der Waals surface area (Å²) < 4.78 is 13.2. The molecule has 1 aromatic carbocycles. The largest absolute Gasteiger partial charge is 0.452 e. The first-order valence-electron chi connectivity index (χ1n) is 41.4. The van der Waals surface area contributed by atoms with Crippen molar-refractivity contribution in [2.75, 3.05) is 0 Å². The van der Waals surface area contributed by atoms with E-state index in [-0.39, 0.29) is 0 Å². The molecule has 8 aromatic heterocycles. The van der Waals surface area contributed by atoms with Gasteiger partial charge in [-0.25, -0.2) is 29.9 Å². The number of rotatable bonds is 0. The molecule has 0 aliphatic carbocycles. The molecule has 0 aliphatic rings. The standard InChI is InChI=1S/C6H6.C5H5N.9C5H12.3C4H4N2.C3H3N3.2C3H3NO.C2H2N2O.9C2H6/c2*1-2-4-6-5-3-1;9*1-5(2,3)4;1-2-6-4-3-5-1;1-2-5-4-6-3-1;1-2-4-6-5-3-1;1-4-2-6-3-5-1;1-2-5-3-4-1;1-2-4-5-3-1;1-3-4-2-5-1;9*1-2/h1-6H;1-5H;9*1-4H3;3*1-4H;1-3H;2*1-3H;1-2H;9*1-2H3. The van der Waals surface area contributed by atoms with E-state index >= 15 is 0 Å². The summed E-state index contributed by atoms with van der Waals surface area (Å²) in [6, 6.07) is 24.9. The Morgan fingerprint density at radius 2 is 0.368 bits per heavy atom. The Morgan fingerprint density at radius 3 is 0.447 bits per heavy atom. The van der Waals surface area contributed by atoms with Gasteiger partial charge in [0.1, 0.15) is 37.8 Å². The molecule has 9 rings (SSSR count). The Bertz CT molecular complexity index is 1860. The predicted octanol–water partition coefficient (Wildman–Crippen LogP) is 33.2. The number of nitrogens with zero attached hydrogens (tertiary/aromatic N) is 14. The molecule has 0 saturated carbocycles. The van der Waals surface area contributed by atoms with Gasteiger partial charge >= 0.3 is 0 Å². The van der Waals surface area contributed by atoms with Crippen molar-refractivity contribution in [1.82, 2.24) is 70.4 Å². The molecular formula is C97H196N14O3. The van der Waals surface area contributed by atoms with E-state index in [1.165, 1.54) is 57.0 Å². The number of hydrogen-bond acceptors (Lipinski definition) is 17. The lowest BCUT2D eigenvalue weighted by Crippen LogP contribution is -1.93. The monoisotopic (exact) mass is 1610 g/mol. The number of benzene rings is 1. The van der Waals surface area contributed by atoms with Crippen LogP contribution < -0.4 is 0 Å². The summed E-state index contributed by atoms with van der Waals surface area (Å²) in [7, 11) is 0. The van der Waals surface area contributed by atoms with Gasteiger partial charge in [-0.1, -0.05) is 422 Å². The van der Waals surface area contributed by atoms with E-state index in [2.05, 4.69) is 333 Å². The molecular weight excluding hydrogens is 1410 g/mol. The second-order valence-electron chi connectivity index (χ2n) is 34.6. The molecule has 17 heteroatoms. The zero-order chi connectivity index (χ0) is 94.6. The van der Waals surface area contributed by atoms with Gasteiger partial charge in [0.15, 0.2) is 6.39 Å². The quantitative estimate of drug-likeness (QED) is 0.138. The van der Waals surface area contributed by atoms with Gasteiger partial charge in [0.05, 0.1) is 12.4 Å². The second kappa shape index (κ2) is 121. The molecule has 114 heavy (non-hydrogen) atoms. The van der Waals surface area contributed by atoms with Crippen molar-refractivity contribution in [2.24, 2.45) is 48.7 Å². The van der Waals surface area contributed by atoms with Gasteiger partial charge in [0.2, 0.25) is 12.8 Å². The number of hydrogen-bond donors (Lipinski definition) is 0. The third-order valence-corrected chi connectivity index (χ3v) is 4.05. The van der Waals surface area contributed by atoms with Crippen molar-refractivity contribution < 1.29 is 13.4 Å². The van der Waals surface area contributed by atoms with Gasteiger partial charge in [-0.05, 0) is 85.1 Å². The average Bonchev–Trinajstić information content (AvgIpc) is 4.11. The second-order valence-corrected chi connectivity index (χ2v) is 34.6. The first-order chi connectivity index (χ1) is 52.5. The number of oxazole rings is 1. The highest BCUT2D eigenvalue weighted by Gasteiger charge is 1.99. The molecule has 0 atom stereocenters. The van der Waals surface area contributed by atoms with E-state index in [4.69, 9.17) is 0 Å². The Kier molecular flexibility index (Phi) is 160. The molecule has 0 fully saturated rings. The molecule has 0 spiro atoms. The minimum Gasteiger partial charge on any atom is -0.452 e. The molecule has 17 nitrogen and oxygen atoms in total. The van der Waals surface area contributed by atoms with Crippen molar-refractivity contribution in [2.45, 2.75) is 374 Å². The van der Waals surface area contributed by atoms with Crippen LogP contribution in [0.25, 0.3) is 0 Å². The minimum absolute atomic E-state index is 0.500. The molecule has 0 aliphatic heterocycles. The Labute approximate surface area is 712 Å². The van der Waals surface area contributed by atoms with E-state index in [1.54, 1.807) is 86.5 Å². The molecule has 8 heterocycles. The van der Waals surface area contributed by atoms with Crippen LogP contribution in [0.5, 0.6) is 0 Å². The van der Waals surface area contributed by atoms with E-state index in [0.29, 0.717) is 48.7 Å². The maximum Gasteiger partial charge on any atom is 0.203 e. The van der Waals surface area contributed by atoms with Gasteiger partial charge in [-0.2, -0.15) is 10.2 Å². The Morgan fingerprint density at radius 1 is 0.158 bits per heavy atom. The lowest BCUT2D eigenvalue weighted by atomic mass is 10.0. The van der Waals surface area contributed by atoms with Gasteiger partial charge < -0.3 is 13.4 Å². The van der Waals surface area contributed by atoms with Gasteiger partial charge in [0.25, 0.3) is 0 Å². The summed E-state index contributed by atoms with van der Waals surface area (Å²) in [5, 5.41) is 17.0. The van der Waals surface area contributed by atoms with Crippen LogP contribution in [-0.2, 0) is 0 Å². The third-order valence-electron chi connectivity index (χ3n) is 4.05. The normalized spacial score (nSPS) is 8.79. The van der Waals surface area contributed by atoms with Crippen molar-refractivity contribution >= 4 is 0 Å². The zero-order valence-electron chi connectivity index (χ0n) is 85.6. The van der Waals surface area contributed by atoms with Crippen molar-refractivity contribution in [3.05, 3.63) is 210 Å². The van der Waals surface area contributed by atoms with Crippen LogP contribution in [0.2, 0.25) is 0 Å². The first kappa shape index (κ1) is 151. The molecule has 0 saturated heterocycles. The molecule has 9 aromatic rings. The summed E-state index contributed by atoms with van der Waals surface area (Å²) in [5.41, 5.74) is 4.50. The van der Waals surface area contributed by atoms with Crippen LogP contribution in [0.3, 0.4) is 0 Å². The highest BCUT2D eigenvalue weighted by Crippen LogP contribution is 2.12. The number of pyridine rings is 1. The maximum absolute atomic E-state index is 4.47. The first-order valence-corrected chi connectivity index (χ1v) is 41.4. The Hall–Kier alpha value is -7.82. The van der Waals surface area contributed by atoms with E-state index < -0.39 is 0 Å². The SMILES string of the molecule is CC.CC.CC.CC.CC.CC.CC.CC.CC.CC(C)(C)C.CC(C)(C)C.CC(C)(C)C.CC(C)(C)C.CC(C)(C)C.CC(C)(C)C.CC(C)(C)C.CC(C)(C)C.CC(C)(C)C.c1ccccc1.c1ccncc1.c1ccnnc1.c1cnccn1.c1cncnc1.c1cnoc1.c1cocn1.c1ncncn1.c1nnco1. The molecule has 0 N–H and O–H groups in total. The highest BCUT2D eigenvalue weighted by atomic mass is 16.5. The van der Waals surface area contributed by atoms with Gasteiger partial charge in [0, 0.05) is 62.0 Å². The maximum atomic E-state index is 4.47. The predicted molar refractivity (Wildman–Crippen MR) is 512 cm³/mol. The van der Waals surface area contributed by atoms with Gasteiger partial charge in [-0.15, -0.1) is 10.2 Å². The lowest BCUT2D eigenvalue weighted by Gasteiger charge is -2.05. The molecule has 0 bridgehead atoms. The van der Waals surface area contributed by atoms with Crippen molar-refractivity contribution in [3.63, 3.8) is 0 Å². The van der Waals surface area contributed by atoms with Crippen molar-refractivity contribution in [1.29, 1.82) is 0 Å². The van der Waals surface area contributed by atoms with Crippen LogP contribution in [0.4, 0.5) is 0 Å². The molecule has 672 valence electrons. The fourth-order valence-electron chi connectivity index (χ4n) is 2.15. The molecule has 0 radical (unpaired) electrons. The van der Waals surface area contributed by atoms with Crippen LogP contribution in [0, 0.1) is 48.7 Å². The van der Waals surface area contributed by atoms with Crippen LogP contribution in [0.15, 0.2) is 224 Å². The topological polar surface area (TPSA) is 220 Å². The molecule has 0 unspecified atom stereocenters. The van der Waals surface area contributed by atoms with E-state index in [0.717, 1.165) is 0 Å². The van der Waals surface area contributed by atoms with E-state index in [1.807, 2.05) is 191 Å². The smallest absolute Gasteiger partial charge is 0.203 e. The molecule has 0 amide bonds. The average molecular weight is 1610 g/mol. The highest BCUT2D eigenvalue weighted by molar-refractivity contribution is 4.99. The van der Waals surface area contributed by atoms with Crippen molar-refractivity contribution in [3.8, 4) is 0 Å². The van der Waals surface area contributed by atoms with Crippen LogP contribution in [-0.4, -0.2) is 70.4 Å². The van der Waals surface area contributed by atoms with Gasteiger partial charge in [-0.3, -0.25) is 15.0 Å². The lowest BCUT2D eigenvalue weighted by molar-refractivity contribution is 0.420. The number of aromatic nitrogens is 14. The third kappa shape index (κ3) is 595. The van der Waals surface area contributed by atoms with Crippen LogP contribution in [0.1, 0.15) is 374 Å². The summed E-state index contributed by atoms with van der Waals surface area (Å²) in [6.45, 7) is 115. The fourth-order valence-corrected chi connectivity index (χ4v) is 2.15. The van der Waals surface area contributed by atoms with E-state index in [9.17, 15) is 0 Å². The summed E-state index contributed by atoms with van der Waals surface area (Å²) in [6.07, 6.45) is 32.6. The summed E-state index contributed by atoms with van der Waals surface area (Å²) in [5.74, 6) is 0. The fraction of sp³-hybridized carbons (Fsp3) is 0.649. The Balaban J connectivity index is -0.0000000529. The van der Waals surface area contributed by atoms with Crippen LogP contribution >= 0.6 is 0 Å². The zero-order valence-corrected chi connectivity index (χ0v) is 85.6.